The Morgan fingerprint density at radius 1 is 0.707 bits per heavy atom. The van der Waals surface area contributed by atoms with Crippen LogP contribution in [0.25, 0.3) is 21.1 Å². The molecule has 15 N–H and O–H groups in total. The topological polar surface area (TPSA) is 416 Å². The van der Waals surface area contributed by atoms with Gasteiger partial charge in [-0.25, -0.2) is 0 Å². The van der Waals surface area contributed by atoms with Crippen LogP contribution in [0.4, 0.5) is 0 Å². The van der Waals surface area contributed by atoms with E-state index in [0.29, 0.717) is 22.2 Å². The normalized spacial score (nSPS) is 25.9. The van der Waals surface area contributed by atoms with E-state index in [1.54, 1.807) is 26.2 Å². The number of β-amino-alcohol motifs (C(OH)–C–C–N with tert-alkyl or cyclic N) is 1. The number of carbonyl (C=O) groups excluding carboxylic acids is 7. The number of ether oxygens (including phenoxy) is 2. The quantitative estimate of drug-likeness (QED) is 0.0329. The molecule has 4 aromatic rings. The molecular formula is C63H87N11O17S. The third kappa shape index (κ3) is 18.7. The summed E-state index contributed by atoms with van der Waals surface area (Å²) in [5, 5.41) is 119. The summed E-state index contributed by atoms with van der Waals surface area (Å²) in [4.78, 5) is 104. The number of aromatic hydroxyl groups is 2. The molecular weight excluding hydrogens is 1210 g/mol. The van der Waals surface area contributed by atoms with Gasteiger partial charge in [0.1, 0.15) is 52.0 Å². The highest BCUT2D eigenvalue weighted by Crippen LogP contribution is 2.32. The minimum atomic E-state index is -2.05. The summed E-state index contributed by atoms with van der Waals surface area (Å²) in [6.07, 6.45) is -4.94. The van der Waals surface area contributed by atoms with Crippen LogP contribution < -0.4 is 42.0 Å². The van der Waals surface area contributed by atoms with Gasteiger partial charge in [-0.15, -0.1) is 10.2 Å². The van der Waals surface area contributed by atoms with Crippen LogP contribution in [0.2, 0.25) is 0 Å². The summed E-state index contributed by atoms with van der Waals surface area (Å²) in [6.45, 7) is 4.23. The zero-order chi connectivity index (χ0) is 66.2. The first kappa shape index (κ1) is 70.4. The number of phenols is 2. The Balaban J connectivity index is 1.04. The van der Waals surface area contributed by atoms with E-state index in [1.165, 1.54) is 29.5 Å². The number of nitrogens with one attached hydrogen (secondary N) is 7. The Labute approximate surface area is 536 Å². The van der Waals surface area contributed by atoms with Gasteiger partial charge < -0.3 is 97.3 Å². The fourth-order valence-electron chi connectivity index (χ4n) is 11.8. The molecule has 0 aliphatic carbocycles. The minimum Gasteiger partial charge on any atom is -0.504 e. The van der Waals surface area contributed by atoms with Crippen molar-refractivity contribution >= 4 is 52.7 Å². The van der Waals surface area contributed by atoms with Gasteiger partial charge in [-0.1, -0.05) is 55.7 Å². The van der Waals surface area contributed by atoms with Crippen molar-refractivity contribution in [2.45, 2.75) is 163 Å². The fourth-order valence-corrected chi connectivity index (χ4v) is 12.7. The van der Waals surface area contributed by atoms with Gasteiger partial charge in [0.2, 0.25) is 35.4 Å². The number of benzene rings is 3. The smallest absolute Gasteiger partial charge is 0.251 e. The second-order valence-corrected chi connectivity index (χ2v) is 25.2. The molecule has 0 unspecified atom stereocenters. The number of hydrogen-bond donors (Lipinski definition) is 15. The number of carbonyl (C=O) groups is 7. The summed E-state index contributed by atoms with van der Waals surface area (Å²) >= 11 is 1.31. The van der Waals surface area contributed by atoms with Gasteiger partial charge in [0, 0.05) is 81.3 Å². The molecule has 92 heavy (non-hydrogen) atoms. The van der Waals surface area contributed by atoms with Gasteiger partial charge in [-0.2, -0.15) is 0 Å². The Morgan fingerprint density at radius 2 is 1.34 bits per heavy atom. The molecule has 0 bridgehead atoms. The average molecular weight is 1300 g/mol. The maximum atomic E-state index is 15.0. The van der Waals surface area contributed by atoms with Gasteiger partial charge >= 0.3 is 0 Å². The van der Waals surface area contributed by atoms with E-state index < -0.39 is 164 Å². The molecule has 502 valence electrons. The van der Waals surface area contributed by atoms with Crippen molar-refractivity contribution in [3.8, 4) is 38.4 Å². The summed E-state index contributed by atoms with van der Waals surface area (Å²) in [7, 11) is 1.70. The second kappa shape index (κ2) is 33.4. The molecule has 29 heteroatoms. The minimum absolute atomic E-state index is 0.0364. The molecule has 13 atom stereocenters. The molecule has 0 radical (unpaired) electrons. The second-order valence-electron chi connectivity index (χ2n) is 24.2. The molecule has 8 rings (SSSR count). The summed E-state index contributed by atoms with van der Waals surface area (Å²) < 4.78 is 11.0. The monoisotopic (exact) mass is 1300 g/mol. The molecule has 0 saturated carbocycles. The summed E-state index contributed by atoms with van der Waals surface area (Å²) in [5.41, 5.74) is 1.60. The Kier molecular flexibility index (Phi) is 25.6. The van der Waals surface area contributed by atoms with Crippen LogP contribution in [-0.2, 0) is 39.9 Å². The Morgan fingerprint density at radius 3 is 2.00 bits per heavy atom. The average Bonchev–Trinajstić information content (AvgIpc) is 1.63. The lowest BCUT2D eigenvalue weighted by Crippen LogP contribution is -2.64. The Hall–Kier alpha value is -7.45. The summed E-state index contributed by atoms with van der Waals surface area (Å²) in [6, 6.07) is 6.33. The number of nitrogens with zero attached hydrogens (tertiary/aromatic N) is 4. The molecule has 4 aliphatic rings. The third-order valence-corrected chi connectivity index (χ3v) is 18.1. The van der Waals surface area contributed by atoms with Gasteiger partial charge in [0.05, 0.1) is 43.2 Å². The van der Waals surface area contributed by atoms with Crippen LogP contribution in [0.5, 0.6) is 17.2 Å². The molecule has 4 fully saturated rings. The van der Waals surface area contributed by atoms with Gasteiger partial charge in [0.15, 0.2) is 11.5 Å². The number of piperidine rings is 1. The lowest BCUT2D eigenvalue weighted by Gasteiger charge is -2.34. The lowest BCUT2D eigenvalue weighted by molar-refractivity contribution is -0.147. The highest BCUT2D eigenvalue weighted by atomic mass is 32.1. The lowest BCUT2D eigenvalue weighted by atomic mass is 9.98. The number of phenolic OH excluding ortho intramolecular Hbond substituents is 2. The molecule has 7 amide bonds. The number of aliphatic hydroxyl groups excluding tert-OH is 6. The number of rotatable bonds is 22. The first-order valence-electron chi connectivity index (χ1n) is 31.4. The van der Waals surface area contributed by atoms with E-state index in [4.69, 9.17) is 9.47 Å². The van der Waals surface area contributed by atoms with Crippen molar-refractivity contribution in [3.63, 3.8) is 0 Å². The van der Waals surface area contributed by atoms with Crippen molar-refractivity contribution in [2.75, 3.05) is 59.6 Å². The van der Waals surface area contributed by atoms with Crippen molar-refractivity contribution < 1.29 is 83.9 Å². The van der Waals surface area contributed by atoms with Crippen molar-refractivity contribution in [1.82, 2.24) is 57.2 Å². The number of hydrogen-bond acceptors (Lipinski definition) is 22. The standard InChI is InChI=1S/C63H87N11O17S/c1-34-32-74-53(54(34)82)59(87)66-31-41(76)29-44(67-55(83)37-10-12-38(13-11-37)60-71-72-61(92-60)39-14-16-43(17-15-39)91-26-8-6-4-5-7-25-90-3)56(84)68-50(35(2)75)62(88)73-33-42(77)30-45(73)57(85)69-51(49(81)28-36-9-18-46(78)48(80)27-36)58(86)70-52(63(74)89)47(79)21-24-65-40-19-22-64-23-20-40/h9-18,27,34-35,40-42,44-45,47,49-54,64-65,75-82H,4-8,19-26,28-33H2,1-3H3,(H,66,87)(H,67,83)(H,68,84)(H,69,85)(H,70,86)/t34-,35+,41+,42+,44+,45+,47-,49-,50+,51+,52+,53+,54+/m1/s1. The largest absolute Gasteiger partial charge is 0.504 e. The highest BCUT2D eigenvalue weighted by Gasteiger charge is 2.50. The number of amides is 7. The van der Waals surface area contributed by atoms with E-state index in [9.17, 15) is 69.6 Å². The van der Waals surface area contributed by atoms with Gasteiger partial charge in [-0.3, -0.25) is 33.6 Å². The van der Waals surface area contributed by atoms with Crippen molar-refractivity contribution in [2.24, 2.45) is 5.92 Å². The molecule has 4 aliphatic heterocycles. The molecule has 3 aromatic carbocycles. The van der Waals surface area contributed by atoms with E-state index >= 15 is 4.79 Å². The fraction of sp³-hybridized carbons (Fsp3) is 0.571. The molecule has 0 spiro atoms. The number of aromatic nitrogens is 2. The first-order valence-corrected chi connectivity index (χ1v) is 32.2. The first-order chi connectivity index (χ1) is 44.1. The van der Waals surface area contributed by atoms with Crippen LogP contribution in [0.1, 0.15) is 94.0 Å². The molecule has 5 heterocycles. The van der Waals surface area contributed by atoms with Gasteiger partial charge in [-0.05, 0) is 113 Å². The maximum absolute atomic E-state index is 15.0. The number of methoxy groups -OCH3 is 1. The molecule has 4 saturated heterocycles. The van der Waals surface area contributed by atoms with E-state index in [1.807, 2.05) is 24.3 Å². The Bertz CT molecular complexity index is 3140. The molecule has 1 aromatic heterocycles. The summed E-state index contributed by atoms with van der Waals surface area (Å²) in [5.74, 6) is -8.63. The predicted octanol–water partition coefficient (Wildman–Crippen LogP) is -1.06. The zero-order valence-corrected chi connectivity index (χ0v) is 52.6. The third-order valence-electron chi connectivity index (χ3n) is 17.1. The zero-order valence-electron chi connectivity index (χ0n) is 51.8. The van der Waals surface area contributed by atoms with Crippen LogP contribution >= 0.6 is 11.3 Å². The van der Waals surface area contributed by atoms with E-state index in [0.717, 1.165) is 105 Å². The number of aliphatic hydroxyl groups is 6. The van der Waals surface area contributed by atoms with Crippen molar-refractivity contribution in [3.05, 3.63) is 77.9 Å². The van der Waals surface area contributed by atoms with Crippen LogP contribution in [0.15, 0.2) is 66.7 Å². The highest BCUT2D eigenvalue weighted by molar-refractivity contribution is 7.17. The van der Waals surface area contributed by atoms with Crippen LogP contribution in [0, 0.1) is 5.92 Å². The number of fused-ring (bicyclic) bond motifs is 2. The molecule has 28 nitrogen and oxygen atoms in total. The van der Waals surface area contributed by atoms with E-state index in [-0.39, 0.29) is 36.7 Å². The van der Waals surface area contributed by atoms with E-state index in [2.05, 4.69) is 47.4 Å². The van der Waals surface area contributed by atoms with Crippen LogP contribution in [-0.4, -0.2) is 241 Å². The van der Waals surface area contributed by atoms with Gasteiger partial charge in [0.25, 0.3) is 5.91 Å². The number of unbranched alkanes of at least 4 members (excludes halogenated alkanes) is 4. The van der Waals surface area contributed by atoms with Crippen LogP contribution in [0.3, 0.4) is 0 Å². The predicted molar refractivity (Wildman–Crippen MR) is 334 cm³/mol. The SMILES string of the molecule is COCCCCCCCOc1ccc(-c2nnc(-c3ccc(C(=O)N[C@H]4C[C@H](O)CNC(=O)[C@@H]5[C@@H](O)[C@H](C)CN5C(=O)[C@H]([C@H](O)CCNC5CCNCC5)NC(=O)[C@H]([C@H](O)Cc5ccc(O)c(O)c5)NC(=O)[C@@H]5C[C@H](O)CN5C(=O)[C@H]([C@H](C)O)NC4=O)cc3)s2)cc1. The van der Waals surface area contributed by atoms with Crippen molar-refractivity contribution in [1.29, 1.82) is 0 Å². The maximum Gasteiger partial charge on any atom is 0.251 e.